The van der Waals surface area contributed by atoms with Gasteiger partial charge in [-0.1, -0.05) is 6.07 Å². The van der Waals surface area contributed by atoms with E-state index in [0.29, 0.717) is 31.1 Å². The van der Waals surface area contributed by atoms with Crippen LogP contribution in [-0.4, -0.2) is 46.3 Å². The van der Waals surface area contributed by atoms with E-state index in [2.05, 4.69) is 5.32 Å². The van der Waals surface area contributed by atoms with Crippen LogP contribution in [0.2, 0.25) is 0 Å². The topological polar surface area (TPSA) is 101 Å². The van der Waals surface area contributed by atoms with Crippen LogP contribution in [0, 0.1) is 11.6 Å². The molecule has 2 amide bonds. The number of nitrogens with zero attached hydrogens (tertiary/aromatic N) is 2. The molecule has 2 aliphatic heterocycles. The summed E-state index contributed by atoms with van der Waals surface area (Å²) in [6.45, 7) is 1.81. The number of ether oxygens (including phenoxy) is 1. The predicted molar refractivity (Wildman–Crippen MR) is 105 cm³/mol. The van der Waals surface area contributed by atoms with Gasteiger partial charge in [-0.25, -0.2) is 8.78 Å². The summed E-state index contributed by atoms with van der Waals surface area (Å²) in [6.07, 6.45) is 0.230. The highest BCUT2D eigenvalue weighted by Gasteiger charge is 2.46. The molecule has 0 saturated heterocycles. The molecule has 4 rings (SSSR count). The van der Waals surface area contributed by atoms with Gasteiger partial charge < -0.3 is 24.6 Å². The van der Waals surface area contributed by atoms with Crippen molar-refractivity contribution in [2.45, 2.75) is 38.6 Å². The van der Waals surface area contributed by atoms with Crippen LogP contribution in [0.25, 0.3) is 0 Å². The molecule has 0 bridgehead atoms. The summed E-state index contributed by atoms with van der Waals surface area (Å²) < 4.78 is 34.0. The van der Waals surface area contributed by atoms with Crippen LogP contribution in [0.1, 0.15) is 51.5 Å². The third kappa shape index (κ3) is 3.18. The molecule has 0 radical (unpaired) electrons. The Kier molecular flexibility index (Phi) is 5.26. The normalized spacial score (nSPS) is 19.5. The highest BCUT2D eigenvalue weighted by Crippen LogP contribution is 2.40. The van der Waals surface area contributed by atoms with Gasteiger partial charge in [-0.3, -0.25) is 14.4 Å². The number of aromatic nitrogens is 1. The average molecular weight is 433 g/mol. The van der Waals surface area contributed by atoms with Gasteiger partial charge in [0, 0.05) is 37.5 Å². The van der Waals surface area contributed by atoms with E-state index in [0.717, 1.165) is 6.07 Å². The van der Waals surface area contributed by atoms with Crippen molar-refractivity contribution in [2.24, 2.45) is 0 Å². The molecule has 1 aromatic heterocycles. The largest absolute Gasteiger partial charge is 0.503 e. The number of methoxy groups -OCH3 is 1. The SMILES string of the molecule is CCN1C(=O)c2c(O)c(=O)c(C(=O)NCc3ccc(F)cc3F)c3n2C(CC3)C1OC. The van der Waals surface area contributed by atoms with Crippen LogP contribution in [0.3, 0.4) is 0 Å². The highest BCUT2D eigenvalue weighted by atomic mass is 19.1. The maximum atomic E-state index is 13.9. The van der Waals surface area contributed by atoms with Gasteiger partial charge in [-0.05, 0) is 25.8 Å². The van der Waals surface area contributed by atoms with Crippen LogP contribution < -0.4 is 10.7 Å². The van der Waals surface area contributed by atoms with E-state index in [4.69, 9.17) is 4.74 Å². The zero-order valence-electron chi connectivity index (χ0n) is 16.9. The molecule has 2 N–H and O–H groups in total. The fourth-order valence-corrected chi connectivity index (χ4v) is 4.46. The number of carbonyl (C=O) groups is 2. The molecule has 0 spiro atoms. The average Bonchev–Trinajstić information content (AvgIpc) is 3.15. The van der Waals surface area contributed by atoms with Gasteiger partial charge in [0.15, 0.2) is 17.7 Å². The van der Waals surface area contributed by atoms with Gasteiger partial charge in [0.05, 0.1) is 6.04 Å². The minimum Gasteiger partial charge on any atom is -0.503 e. The predicted octanol–water partition coefficient (Wildman–Crippen LogP) is 1.70. The summed E-state index contributed by atoms with van der Waals surface area (Å²) in [6, 6.07) is 2.59. The van der Waals surface area contributed by atoms with Crippen molar-refractivity contribution < 1.29 is 28.2 Å². The summed E-state index contributed by atoms with van der Waals surface area (Å²) in [7, 11) is 1.47. The lowest BCUT2D eigenvalue weighted by Crippen LogP contribution is -2.52. The lowest BCUT2D eigenvalue weighted by atomic mass is 10.1. The molecule has 10 heteroatoms. The Hall–Kier alpha value is -3.27. The number of carbonyl (C=O) groups excluding carboxylic acids is 2. The lowest BCUT2D eigenvalue weighted by Gasteiger charge is -2.40. The Balaban J connectivity index is 1.74. The number of amides is 2. The third-order valence-electron chi connectivity index (χ3n) is 5.86. The number of aromatic hydroxyl groups is 1. The Labute approximate surface area is 176 Å². The monoisotopic (exact) mass is 433 g/mol. The first-order valence-electron chi connectivity index (χ1n) is 9.86. The molecule has 2 unspecified atom stereocenters. The van der Waals surface area contributed by atoms with E-state index in [1.807, 2.05) is 0 Å². The standard InChI is InChI=1S/C21H21F2N3O5/c1-3-25-20(30)16-18(28)17(27)15(13-6-7-14(26(13)16)21(25)31-2)19(29)24-9-10-4-5-11(22)8-12(10)23/h4-5,8,14,21,28H,3,6-7,9H2,1-2H3,(H,24,29). The number of hydrogen-bond acceptors (Lipinski definition) is 5. The molecule has 0 fully saturated rings. The quantitative estimate of drug-likeness (QED) is 0.748. The van der Waals surface area contributed by atoms with Crippen molar-refractivity contribution >= 4 is 11.8 Å². The second-order valence-corrected chi connectivity index (χ2v) is 7.46. The zero-order chi connectivity index (χ0) is 22.4. The molecule has 2 atom stereocenters. The summed E-state index contributed by atoms with van der Waals surface area (Å²) in [5, 5.41) is 13.0. The summed E-state index contributed by atoms with van der Waals surface area (Å²) >= 11 is 0. The number of halogens is 2. The van der Waals surface area contributed by atoms with Crippen LogP contribution >= 0.6 is 0 Å². The first-order valence-corrected chi connectivity index (χ1v) is 9.86. The number of pyridine rings is 1. The minimum absolute atomic E-state index is 0.0412. The zero-order valence-corrected chi connectivity index (χ0v) is 16.9. The Bertz CT molecular complexity index is 1150. The highest BCUT2D eigenvalue weighted by molar-refractivity contribution is 6.00. The van der Waals surface area contributed by atoms with Gasteiger partial charge in [-0.2, -0.15) is 0 Å². The fourth-order valence-electron chi connectivity index (χ4n) is 4.46. The molecule has 164 valence electrons. The van der Waals surface area contributed by atoms with Crippen molar-refractivity contribution in [1.29, 1.82) is 0 Å². The van der Waals surface area contributed by atoms with Crippen LogP contribution in [0.4, 0.5) is 8.78 Å². The molecule has 8 nitrogen and oxygen atoms in total. The van der Waals surface area contributed by atoms with E-state index in [9.17, 15) is 28.3 Å². The maximum Gasteiger partial charge on any atom is 0.276 e. The van der Waals surface area contributed by atoms with Gasteiger partial charge in [0.2, 0.25) is 5.43 Å². The van der Waals surface area contributed by atoms with Crippen molar-refractivity contribution in [3.63, 3.8) is 0 Å². The van der Waals surface area contributed by atoms with Gasteiger partial charge in [-0.15, -0.1) is 0 Å². The van der Waals surface area contributed by atoms with Gasteiger partial charge in [0.25, 0.3) is 11.8 Å². The second-order valence-electron chi connectivity index (χ2n) is 7.46. The molecule has 31 heavy (non-hydrogen) atoms. The molecular weight excluding hydrogens is 412 g/mol. The minimum atomic E-state index is -0.959. The van der Waals surface area contributed by atoms with E-state index < -0.39 is 40.9 Å². The molecule has 3 heterocycles. The van der Waals surface area contributed by atoms with Crippen LogP contribution in [-0.2, 0) is 17.7 Å². The van der Waals surface area contributed by atoms with E-state index in [-0.39, 0.29) is 29.4 Å². The molecule has 2 aliphatic rings. The Morgan fingerprint density at radius 2 is 2.06 bits per heavy atom. The Morgan fingerprint density at radius 3 is 2.71 bits per heavy atom. The van der Waals surface area contributed by atoms with Gasteiger partial charge in [0.1, 0.15) is 17.2 Å². The Morgan fingerprint density at radius 1 is 1.32 bits per heavy atom. The first kappa shape index (κ1) is 21.0. The number of hydrogen-bond donors (Lipinski definition) is 2. The molecular formula is C21H21F2N3O5. The third-order valence-corrected chi connectivity index (χ3v) is 5.86. The number of nitrogens with one attached hydrogen (secondary N) is 1. The molecule has 0 saturated carbocycles. The molecule has 1 aromatic carbocycles. The lowest BCUT2D eigenvalue weighted by molar-refractivity contribution is -0.0573. The van der Waals surface area contributed by atoms with E-state index >= 15 is 0 Å². The van der Waals surface area contributed by atoms with Gasteiger partial charge >= 0.3 is 0 Å². The first-order chi connectivity index (χ1) is 14.8. The number of benzene rings is 1. The molecule has 2 aromatic rings. The van der Waals surface area contributed by atoms with E-state index in [1.54, 1.807) is 6.92 Å². The maximum absolute atomic E-state index is 13.9. The summed E-state index contributed by atoms with van der Waals surface area (Å²) in [4.78, 5) is 40.1. The second kappa shape index (κ2) is 7.77. The smallest absolute Gasteiger partial charge is 0.276 e. The number of rotatable bonds is 5. The summed E-state index contributed by atoms with van der Waals surface area (Å²) in [5.41, 5.74) is -1.04. The van der Waals surface area contributed by atoms with Crippen molar-refractivity contribution in [2.75, 3.05) is 13.7 Å². The van der Waals surface area contributed by atoms with Crippen LogP contribution in [0.5, 0.6) is 5.75 Å². The molecule has 0 aliphatic carbocycles. The fraction of sp³-hybridized carbons (Fsp3) is 0.381. The van der Waals surface area contributed by atoms with E-state index in [1.165, 1.54) is 22.6 Å². The summed E-state index contributed by atoms with van der Waals surface area (Å²) in [5.74, 6) is -3.74. The van der Waals surface area contributed by atoms with Crippen molar-refractivity contribution in [3.05, 3.63) is 62.6 Å². The van der Waals surface area contributed by atoms with Crippen molar-refractivity contribution in [3.8, 4) is 5.75 Å². The van der Waals surface area contributed by atoms with Crippen molar-refractivity contribution in [1.82, 2.24) is 14.8 Å². The van der Waals surface area contributed by atoms with Crippen LogP contribution in [0.15, 0.2) is 23.0 Å². The number of likely N-dealkylation sites (N-methyl/N-ethyl adjacent to an activating group) is 1.